The van der Waals surface area contributed by atoms with Gasteiger partial charge >= 0.3 is 0 Å². The first-order valence-corrected chi connectivity index (χ1v) is 11.6. The number of rotatable bonds is 6. The van der Waals surface area contributed by atoms with Crippen molar-refractivity contribution in [2.75, 3.05) is 19.5 Å². The van der Waals surface area contributed by atoms with Crippen LogP contribution in [0, 0.1) is 5.82 Å². The molecule has 0 saturated heterocycles. The molecule has 0 unspecified atom stereocenters. The van der Waals surface area contributed by atoms with Crippen molar-refractivity contribution < 1.29 is 23.1 Å². The molecule has 5 aromatic rings. The fourth-order valence-electron chi connectivity index (χ4n) is 4.18. The fraction of sp³-hybridized carbons (Fsp3) is 0.0667. The predicted octanol–water partition coefficient (Wildman–Crippen LogP) is 6.53. The maximum atomic E-state index is 13.5. The molecule has 6 nitrogen and oxygen atoms in total. The van der Waals surface area contributed by atoms with E-state index in [1.54, 1.807) is 74.8 Å². The van der Waals surface area contributed by atoms with Gasteiger partial charge in [-0.2, -0.15) is 0 Å². The molecule has 1 aromatic heterocycles. The van der Waals surface area contributed by atoms with E-state index in [0.717, 1.165) is 11.1 Å². The molecular formula is C30H23FN2O4. The number of furan rings is 1. The van der Waals surface area contributed by atoms with Crippen molar-refractivity contribution in [2.45, 2.75) is 0 Å². The second-order valence-corrected chi connectivity index (χ2v) is 8.37. The van der Waals surface area contributed by atoms with E-state index >= 15 is 0 Å². The molecule has 0 aliphatic carbocycles. The van der Waals surface area contributed by atoms with Crippen molar-refractivity contribution >= 4 is 28.5 Å². The van der Waals surface area contributed by atoms with E-state index in [2.05, 4.69) is 10.6 Å². The van der Waals surface area contributed by atoms with E-state index < -0.39 is 0 Å². The number of nitrogens with one attached hydrogen (secondary N) is 2. The van der Waals surface area contributed by atoms with Crippen LogP contribution in [0.3, 0.4) is 0 Å². The molecular weight excluding hydrogens is 471 g/mol. The van der Waals surface area contributed by atoms with E-state index in [1.165, 1.54) is 12.1 Å². The average molecular weight is 495 g/mol. The van der Waals surface area contributed by atoms with Crippen LogP contribution in [-0.4, -0.2) is 26.0 Å². The minimum atomic E-state index is -0.376. The van der Waals surface area contributed by atoms with Crippen molar-refractivity contribution in [1.82, 2.24) is 5.32 Å². The van der Waals surface area contributed by atoms with Gasteiger partial charge in [-0.25, -0.2) is 4.39 Å². The summed E-state index contributed by atoms with van der Waals surface area (Å²) < 4.78 is 24.7. The molecule has 0 atom stereocenters. The standard InChI is InChI=1S/C30H23FN2O4/c1-32-30(35)27-25-16-20(11-14-26(25)37-28(27)18-9-12-22(31)13-10-18)19-5-3-6-21(15-19)29(34)33-23-7-4-8-24(17-23)36-2/h3-17H,1-2H3,(H,32,35)(H,33,34). The van der Waals surface area contributed by atoms with E-state index in [0.29, 0.717) is 44.9 Å². The lowest BCUT2D eigenvalue weighted by atomic mass is 9.99. The summed E-state index contributed by atoms with van der Waals surface area (Å²) in [7, 11) is 3.11. The third-order valence-corrected chi connectivity index (χ3v) is 6.03. The summed E-state index contributed by atoms with van der Waals surface area (Å²) in [5.74, 6) is 0.0505. The molecule has 0 aliphatic rings. The molecule has 1 heterocycles. The van der Waals surface area contributed by atoms with Crippen molar-refractivity contribution in [3.63, 3.8) is 0 Å². The van der Waals surface area contributed by atoms with Crippen LogP contribution in [0.15, 0.2) is 95.4 Å². The molecule has 37 heavy (non-hydrogen) atoms. The normalized spacial score (nSPS) is 10.8. The summed E-state index contributed by atoms with van der Waals surface area (Å²) in [6.07, 6.45) is 0. The van der Waals surface area contributed by atoms with Crippen LogP contribution in [0.5, 0.6) is 5.75 Å². The average Bonchev–Trinajstić information content (AvgIpc) is 3.32. The molecule has 0 saturated carbocycles. The lowest BCUT2D eigenvalue weighted by Gasteiger charge is -2.09. The van der Waals surface area contributed by atoms with Crippen LogP contribution in [0.1, 0.15) is 20.7 Å². The summed E-state index contributed by atoms with van der Waals surface area (Å²) in [6.45, 7) is 0. The first-order valence-electron chi connectivity index (χ1n) is 11.6. The van der Waals surface area contributed by atoms with Gasteiger partial charge in [-0.3, -0.25) is 9.59 Å². The zero-order chi connectivity index (χ0) is 25.9. The molecule has 7 heteroatoms. The lowest BCUT2D eigenvalue weighted by Crippen LogP contribution is -2.18. The van der Waals surface area contributed by atoms with Gasteiger partial charge in [-0.05, 0) is 71.8 Å². The number of carbonyl (C=O) groups excluding carboxylic acids is 2. The summed E-state index contributed by atoms with van der Waals surface area (Å²) >= 11 is 0. The minimum absolute atomic E-state index is 0.260. The van der Waals surface area contributed by atoms with Crippen molar-refractivity contribution in [1.29, 1.82) is 0 Å². The Kier molecular flexibility index (Phi) is 6.43. The lowest BCUT2D eigenvalue weighted by molar-refractivity contribution is 0.0963. The third-order valence-electron chi connectivity index (χ3n) is 6.03. The third kappa shape index (κ3) is 4.79. The highest BCUT2D eigenvalue weighted by Crippen LogP contribution is 2.36. The van der Waals surface area contributed by atoms with Crippen LogP contribution >= 0.6 is 0 Å². The Bertz CT molecular complexity index is 1620. The summed E-state index contributed by atoms with van der Waals surface area (Å²) in [5.41, 5.74) is 4.18. The quantitative estimate of drug-likeness (QED) is 0.281. The van der Waals surface area contributed by atoms with Crippen LogP contribution in [0.2, 0.25) is 0 Å². The van der Waals surface area contributed by atoms with Gasteiger partial charge in [0.1, 0.15) is 22.9 Å². The van der Waals surface area contributed by atoms with Crippen molar-refractivity contribution in [2.24, 2.45) is 0 Å². The van der Waals surface area contributed by atoms with Gasteiger partial charge < -0.3 is 19.8 Å². The Morgan fingerprint density at radius 1 is 0.811 bits per heavy atom. The SMILES string of the molecule is CNC(=O)c1c(-c2ccc(F)cc2)oc2ccc(-c3cccc(C(=O)Nc4cccc(OC)c4)c3)cc12. The van der Waals surface area contributed by atoms with Crippen LogP contribution in [0.4, 0.5) is 10.1 Å². The number of hydrogen-bond donors (Lipinski definition) is 2. The van der Waals surface area contributed by atoms with Gasteiger partial charge in [0.25, 0.3) is 11.8 Å². The largest absolute Gasteiger partial charge is 0.497 e. The van der Waals surface area contributed by atoms with E-state index in [9.17, 15) is 14.0 Å². The maximum Gasteiger partial charge on any atom is 0.255 e. The van der Waals surface area contributed by atoms with Gasteiger partial charge in [-0.1, -0.05) is 24.3 Å². The number of carbonyl (C=O) groups is 2. The van der Waals surface area contributed by atoms with Crippen LogP contribution < -0.4 is 15.4 Å². The zero-order valence-electron chi connectivity index (χ0n) is 20.2. The Balaban J connectivity index is 1.52. The second kappa shape index (κ2) is 9.99. The highest BCUT2D eigenvalue weighted by atomic mass is 19.1. The van der Waals surface area contributed by atoms with Gasteiger partial charge in [0.2, 0.25) is 0 Å². The molecule has 5 rings (SSSR count). The highest BCUT2D eigenvalue weighted by molar-refractivity contribution is 6.12. The number of hydrogen-bond acceptors (Lipinski definition) is 4. The molecule has 2 N–H and O–H groups in total. The first kappa shape index (κ1) is 23.8. The number of halogens is 1. The fourth-order valence-corrected chi connectivity index (χ4v) is 4.18. The molecule has 0 fully saturated rings. The topological polar surface area (TPSA) is 80.6 Å². The van der Waals surface area contributed by atoms with E-state index in [4.69, 9.17) is 9.15 Å². The van der Waals surface area contributed by atoms with Gasteiger partial charge in [0.05, 0.1) is 12.7 Å². The van der Waals surface area contributed by atoms with E-state index in [1.807, 2.05) is 18.2 Å². The monoisotopic (exact) mass is 494 g/mol. The molecule has 184 valence electrons. The number of benzene rings is 4. The van der Waals surface area contributed by atoms with Crippen LogP contribution in [-0.2, 0) is 0 Å². The number of anilines is 1. The van der Waals surface area contributed by atoms with Gasteiger partial charge in [-0.15, -0.1) is 0 Å². The van der Waals surface area contributed by atoms with E-state index in [-0.39, 0.29) is 17.6 Å². The molecule has 0 radical (unpaired) electrons. The van der Waals surface area contributed by atoms with Gasteiger partial charge in [0.15, 0.2) is 0 Å². The Morgan fingerprint density at radius 2 is 1.54 bits per heavy atom. The molecule has 2 amide bonds. The maximum absolute atomic E-state index is 13.5. The Hall–Kier alpha value is -4.91. The summed E-state index contributed by atoms with van der Waals surface area (Å²) in [6, 6.07) is 25.7. The smallest absolute Gasteiger partial charge is 0.255 e. The van der Waals surface area contributed by atoms with Crippen LogP contribution in [0.25, 0.3) is 33.4 Å². The predicted molar refractivity (Wildman–Crippen MR) is 141 cm³/mol. The molecule has 4 aromatic carbocycles. The highest BCUT2D eigenvalue weighted by Gasteiger charge is 2.22. The number of methoxy groups -OCH3 is 1. The first-order chi connectivity index (χ1) is 18.0. The molecule has 0 aliphatic heterocycles. The number of ether oxygens (including phenoxy) is 1. The van der Waals surface area contributed by atoms with Crippen molar-refractivity contribution in [3.8, 4) is 28.2 Å². The second-order valence-electron chi connectivity index (χ2n) is 8.37. The zero-order valence-corrected chi connectivity index (χ0v) is 20.2. The summed E-state index contributed by atoms with van der Waals surface area (Å²) in [5, 5.41) is 6.16. The van der Waals surface area contributed by atoms with Crippen molar-refractivity contribution in [3.05, 3.63) is 108 Å². The molecule has 0 bridgehead atoms. The molecule has 0 spiro atoms. The minimum Gasteiger partial charge on any atom is -0.497 e. The number of fused-ring (bicyclic) bond motifs is 1. The summed E-state index contributed by atoms with van der Waals surface area (Å²) in [4.78, 5) is 25.8. The number of amides is 2. The Morgan fingerprint density at radius 3 is 2.30 bits per heavy atom. The Labute approximate surface area is 212 Å². The van der Waals surface area contributed by atoms with Gasteiger partial charge in [0, 0.05) is 35.3 Å².